The maximum Gasteiger partial charge on any atom is 0.307 e. The Hall–Kier alpha value is -1.32. The van der Waals surface area contributed by atoms with Gasteiger partial charge >= 0.3 is 5.97 Å². The zero-order valence-electron chi connectivity index (χ0n) is 10.7. The number of hydrogen-bond donors (Lipinski definition) is 2. The van der Waals surface area contributed by atoms with Crippen LogP contribution in [0.25, 0.3) is 0 Å². The van der Waals surface area contributed by atoms with E-state index in [0.717, 1.165) is 0 Å². The quantitative estimate of drug-likeness (QED) is 0.738. The van der Waals surface area contributed by atoms with E-state index in [9.17, 15) is 14.7 Å². The second-order valence-electron chi connectivity index (χ2n) is 5.40. The van der Waals surface area contributed by atoms with Crippen molar-refractivity contribution in [2.24, 2.45) is 17.3 Å². The van der Waals surface area contributed by atoms with Gasteiger partial charge in [-0.15, -0.1) is 0 Å². The SMILES string of the molecule is C=CC(=O)NC1CCC(C(=O)O)C(C)(C)C1C. The van der Waals surface area contributed by atoms with Crippen LogP contribution in [0.5, 0.6) is 0 Å². The van der Waals surface area contributed by atoms with Crippen LogP contribution in [0.3, 0.4) is 0 Å². The highest BCUT2D eigenvalue weighted by Gasteiger charge is 2.46. The molecule has 1 aliphatic carbocycles. The predicted octanol–water partition coefficient (Wildman–Crippen LogP) is 1.81. The van der Waals surface area contributed by atoms with Gasteiger partial charge in [0.15, 0.2) is 0 Å². The van der Waals surface area contributed by atoms with Crippen LogP contribution in [-0.4, -0.2) is 23.0 Å². The fourth-order valence-electron chi connectivity index (χ4n) is 2.68. The van der Waals surface area contributed by atoms with E-state index < -0.39 is 5.97 Å². The first-order valence-corrected chi connectivity index (χ1v) is 5.96. The van der Waals surface area contributed by atoms with Crippen LogP contribution in [0.2, 0.25) is 0 Å². The summed E-state index contributed by atoms with van der Waals surface area (Å²) in [6.45, 7) is 9.35. The molecule has 1 saturated carbocycles. The van der Waals surface area contributed by atoms with E-state index in [1.54, 1.807) is 0 Å². The Bertz CT molecular complexity index is 336. The molecule has 0 aliphatic heterocycles. The fourth-order valence-corrected chi connectivity index (χ4v) is 2.68. The van der Waals surface area contributed by atoms with Crippen molar-refractivity contribution in [1.82, 2.24) is 5.32 Å². The molecule has 3 unspecified atom stereocenters. The van der Waals surface area contributed by atoms with Crippen LogP contribution in [0.4, 0.5) is 0 Å². The van der Waals surface area contributed by atoms with E-state index in [1.807, 2.05) is 20.8 Å². The van der Waals surface area contributed by atoms with Crippen molar-refractivity contribution < 1.29 is 14.7 Å². The fraction of sp³-hybridized carbons (Fsp3) is 0.692. The Labute approximate surface area is 102 Å². The van der Waals surface area contributed by atoms with E-state index in [1.165, 1.54) is 6.08 Å². The summed E-state index contributed by atoms with van der Waals surface area (Å²) in [5.74, 6) is -1.14. The average Bonchev–Trinajstić information content (AvgIpc) is 2.24. The topological polar surface area (TPSA) is 66.4 Å². The maximum atomic E-state index is 11.3. The number of amides is 1. The summed E-state index contributed by atoms with van der Waals surface area (Å²) >= 11 is 0. The average molecular weight is 239 g/mol. The molecular formula is C13H21NO3. The minimum absolute atomic E-state index is 0.0334. The molecule has 17 heavy (non-hydrogen) atoms. The van der Waals surface area contributed by atoms with Crippen molar-refractivity contribution >= 4 is 11.9 Å². The molecule has 1 aliphatic rings. The van der Waals surface area contributed by atoms with Gasteiger partial charge in [-0.2, -0.15) is 0 Å². The number of carboxylic acids is 1. The summed E-state index contributed by atoms with van der Waals surface area (Å²) in [6.07, 6.45) is 2.57. The maximum absolute atomic E-state index is 11.3. The predicted molar refractivity (Wildman–Crippen MR) is 65.4 cm³/mol. The lowest BCUT2D eigenvalue weighted by Crippen LogP contribution is -2.52. The summed E-state index contributed by atoms with van der Waals surface area (Å²) in [4.78, 5) is 22.5. The van der Waals surface area contributed by atoms with E-state index in [4.69, 9.17) is 0 Å². The summed E-state index contributed by atoms with van der Waals surface area (Å²) in [5.41, 5.74) is -0.316. The van der Waals surface area contributed by atoms with Crippen molar-refractivity contribution in [3.63, 3.8) is 0 Å². The molecule has 0 bridgehead atoms. The van der Waals surface area contributed by atoms with E-state index in [2.05, 4.69) is 11.9 Å². The third-order valence-electron chi connectivity index (χ3n) is 4.25. The Kier molecular flexibility index (Phi) is 3.96. The first kappa shape index (κ1) is 13.7. The smallest absolute Gasteiger partial charge is 0.307 e. The van der Waals surface area contributed by atoms with Gasteiger partial charge in [0.2, 0.25) is 5.91 Å². The Morgan fingerprint density at radius 1 is 1.41 bits per heavy atom. The largest absolute Gasteiger partial charge is 0.481 e. The minimum atomic E-state index is -0.740. The number of rotatable bonds is 3. The molecule has 4 heteroatoms. The lowest BCUT2D eigenvalue weighted by molar-refractivity contribution is -0.150. The molecule has 96 valence electrons. The van der Waals surface area contributed by atoms with E-state index in [-0.39, 0.29) is 29.2 Å². The van der Waals surface area contributed by atoms with Gasteiger partial charge in [0.25, 0.3) is 0 Å². The molecule has 2 N–H and O–H groups in total. The second kappa shape index (κ2) is 4.90. The highest BCUT2D eigenvalue weighted by atomic mass is 16.4. The van der Waals surface area contributed by atoms with Crippen LogP contribution in [0.15, 0.2) is 12.7 Å². The molecule has 4 nitrogen and oxygen atoms in total. The lowest BCUT2D eigenvalue weighted by Gasteiger charge is -2.46. The number of aliphatic carboxylic acids is 1. The molecule has 0 spiro atoms. The van der Waals surface area contributed by atoms with Crippen molar-refractivity contribution in [2.75, 3.05) is 0 Å². The van der Waals surface area contributed by atoms with Gasteiger partial charge in [-0.3, -0.25) is 9.59 Å². The summed E-state index contributed by atoms with van der Waals surface area (Å²) in [6, 6.07) is 0.0334. The molecule has 0 aromatic heterocycles. The van der Waals surface area contributed by atoms with E-state index >= 15 is 0 Å². The molecule has 0 radical (unpaired) electrons. The molecule has 3 atom stereocenters. The highest BCUT2D eigenvalue weighted by Crippen LogP contribution is 2.44. The Balaban J connectivity index is 2.81. The van der Waals surface area contributed by atoms with Crippen molar-refractivity contribution in [2.45, 2.75) is 39.7 Å². The second-order valence-corrected chi connectivity index (χ2v) is 5.40. The highest BCUT2D eigenvalue weighted by molar-refractivity contribution is 5.87. The van der Waals surface area contributed by atoms with Crippen molar-refractivity contribution in [3.8, 4) is 0 Å². The van der Waals surface area contributed by atoms with Crippen LogP contribution >= 0.6 is 0 Å². The zero-order chi connectivity index (χ0) is 13.2. The number of carboxylic acid groups (broad SMARTS) is 1. The molecule has 0 aromatic carbocycles. The van der Waals surface area contributed by atoms with Gasteiger partial charge in [-0.05, 0) is 30.3 Å². The molecular weight excluding hydrogens is 218 g/mol. The van der Waals surface area contributed by atoms with Crippen molar-refractivity contribution in [3.05, 3.63) is 12.7 Å². The summed E-state index contributed by atoms with van der Waals surface area (Å²) in [7, 11) is 0. The third kappa shape index (κ3) is 2.68. The number of nitrogens with one attached hydrogen (secondary N) is 1. The van der Waals surface area contributed by atoms with Gasteiger partial charge in [0, 0.05) is 6.04 Å². The first-order valence-electron chi connectivity index (χ1n) is 5.96. The zero-order valence-corrected chi connectivity index (χ0v) is 10.7. The molecule has 0 heterocycles. The molecule has 1 rings (SSSR count). The molecule has 1 fully saturated rings. The normalized spacial score (nSPS) is 31.6. The monoisotopic (exact) mass is 239 g/mol. The van der Waals surface area contributed by atoms with Gasteiger partial charge < -0.3 is 10.4 Å². The van der Waals surface area contributed by atoms with Gasteiger partial charge in [-0.25, -0.2) is 0 Å². The summed E-state index contributed by atoms with van der Waals surface area (Å²) in [5, 5.41) is 12.1. The third-order valence-corrected chi connectivity index (χ3v) is 4.25. The first-order chi connectivity index (χ1) is 7.80. The van der Waals surface area contributed by atoms with Crippen molar-refractivity contribution in [1.29, 1.82) is 0 Å². The molecule has 0 saturated heterocycles. The lowest BCUT2D eigenvalue weighted by atomic mass is 9.61. The number of carbonyl (C=O) groups is 2. The van der Waals surface area contributed by atoms with Crippen LogP contribution in [0, 0.1) is 17.3 Å². The van der Waals surface area contributed by atoms with Gasteiger partial charge in [0.05, 0.1) is 5.92 Å². The Morgan fingerprint density at radius 3 is 2.47 bits per heavy atom. The minimum Gasteiger partial charge on any atom is -0.481 e. The molecule has 1 amide bonds. The van der Waals surface area contributed by atoms with Crippen LogP contribution < -0.4 is 5.32 Å². The number of carbonyl (C=O) groups excluding carboxylic acids is 1. The molecule has 0 aromatic rings. The van der Waals surface area contributed by atoms with Crippen LogP contribution in [-0.2, 0) is 9.59 Å². The van der Waals surface area contributed by atoms with Gasteiger partial charge in [0.1, 0.15) is 0 Å². The van der Waals surface area contributed by atoms with Crippen LogP contribution in [0.1, 0.15) is 33.6 Å². The van der Waals surface area contributed by atoms with E-state index in [0.29, 0.717) is 12.8 Å². The standard InChI is InChI=1S/C13H21NO3/c1-5-11(15)14-10-7-6-9(12(16)17)13(3,4)8(10)2/h5,8-10H,1,6-7H2,2-4H3,(H,14,15)(H,16,17). The van der Waals surface area contributed by atoms with Gasteiger partial charge in [-0.1, -0.05) is 27.4 Å². The Morgan fingerprint density at radius 2 is 2.00 bits per heavy atom. The number of hydrogen-bond acceptors (Lipinski definition) is 2. The summed E-state index contributed by atoms with van der Waals surface area (Å²) < 4.78 is 0.